The molecular weight excluding hydrogens is 254 g/mol. The highest BCUT2D eigenvalue weighted by molar-refractivity contribution is 6.31. The van der Waals surface area contributed by atoms with Crippen LogP contribution in [0.25, 0.3) is 0 Å². The van der Waals surface area contributed by atoms with Crippen molar-refractivity contribution in [2.75, 3.05) is 0 Å². The summed E-state index contributed by atoms with van der Waals surface area (Å²) in [5, 5.41) is 0.781. The van der Waals surface area contributed by atoms with Crippen molar-refractivity contribution >= 4 is 11.6 Å². The molecule has 2 heteroatoms. The molecule has 2 N–H and O–H groups in total. The maximum Gasteiger partial charge on any atom is 0.0438 e. The second kappa shape index (κ2) is 5.36. The van der Waals surface area contributed by atoms with E-state index in [1.54, 1.807) is 0 Å². The van der Waals surface area contributed by atoms with Crippen molar-refractivity contribution in [3.05, 3.63) is 69.7 Å². The van der Waals surface area contributed by atoms with E-state index in [2.05, 4.69) is 39.0 Å². The van der Waals surface area contributed by atoms with E-state index < -0.39 is 5.54 Å². The zero-order valence-corrected chi connectivity index (χ0v) is 12.5. The van der Waals surface area contributed by atoms with Crippen LogP contribution in [0.3, 0.4) is 0 Å². The van der Waals surface area contributed by atoms with E-state index in [0.717, 1.165) is 22.6 Å². The predicted molar refractivity (Wildman–Crippen MR) is 82.6 cm³/mol. The lowest BCUT2D eigenvalue weighted by atomic mass is 9.85. The Hall–Kier alpha value is -1.31. The van der Waals surface area contributed by atoms with Gasteiger partial charge in [-0.2, -0.15) is 0 Å². The number of hydrogen-bond acceptors (Lipinski definition) is 1. The van der Waals surface area contributed by atoms with Gasteiger partial charge in [0.25, 0.3) is 0 Å². The lowest BCUT2D eigenvalue weighted by molar-refractivity contribution is 0.491. The molecule has 0 aromatic heterocycles. The molecule has 0 saturated heterocycles. The van der Waals surface area contributed by atoms with Crippen molar-refractivity contribution < 1.29 is 0 Å². The van der Waals surface area contributed by atoms with Gasteiger partial charge < -0.3 is 5.73 Å². The van der Waals surface area contributed by atoms with Gasteiger partial charge in [-0.3, -0.25) is 0 Å². The van der Waals surface area contributed by atoms with Gasteiger partial charge >= 0.3 is 0 Å². The molecule has 2 aromatic rings. The molecule has 0 fully saturated rings. The van der Waals surface area contributed by atoms with E-state index in [1.807, 2.05) is 24.3 Å². The summed E-state index contributed by atoms with van der Waals surface area (Å²) in [6, 6.07) is 14.3. The first-order valence-corrected chi connectivity index (χ1v) is 6.88. The van der Waals surface area contributed by atoms with Crippen molar-refractivity contribution in [1.29, 1.82) is 0 Å². The molecule has 2 rings (SSSR count). The highest BCUT2D eigenvalue weighted by Gasteiger charge is 2.23. The maximum absolute atomic E-state index is 6.50. The number of halogens is 1. The predicted octanol–water partition coefficient (Wildman–Crippen LogP) is 4.37. The molecule has 2 aromatic carbocycles. The van der Waals surface area contributed by atoms with Crippen molar-refractivity contribution in [1.82, 2.24) is 0 Å². The third-order valence-corrected chi connectivity index (χ3v) is 4.05. The summed E-state index contributed by atoms with van der Waals surface area (Å²) in [5.41, 5.74) is 10.9. The zero-order chi connectivity index (χ0) is 14.0. The summed E-state index contributed by atoms with van der Waals surface area (Å²) in [7, 11) is 0. The summed E-state index contributed by atoms with van der Waals surface area (Å²) >= 11 is 6.22. The van der Waals surface area contributed by atoms with Crippen molar-refractivity contribution in [2.45, 2.75) is 32.7 Å². The van der Waals surface area contributed by atoms with Gasteiger partial charge in [0.15, 0.2) is 0 Å². The Kier molecular flexibility index (Phi) is 3.98. The topological polar surface area (TPSA) is 26.0 Å². The van der Waals surface area contributed by atoms with E-state index in [1.165, 1.54) is 11.1 Å². The average molecular weight is 274 g/mol. The van der Waals surface area contributed by atoms with Gasteiger partial charge in [0, 0.05) is 10.6 Å². The average Bonchev–Trinajstić information content (AvgIpc) is 2.35. The first-order valence-electron chi connectivity index (χ1n) is 6.50. The van der Waals surface area contributed by atoms with Crippen LogP contribution in [0.5, 0.6) is 0 Å². The molecule has 0 aliphatic rings. The third kappa shape index (κ3) is 3.17. The smallest absolute Gasteiger partial charge is 0.0438 e. The molecule has 1 unspecified atom stereocenters. The SMILES string of the molecule is Cc1ccc(C(C)(N)Cc2ccccc2Cl)cc1C. The molecule has 19 heavy (non-hydrogen) atoms. The van der Waals surface area contributed by atoms with Crippen LogP contribution < -0.4 is 5.73 Å². The lowest BCUT2D eigenvalue weighted by Crippen LogP contribution is -2.35. The number of nitrogens with two attached hydrogens (primary N) is 1. The van der Waals surface area contributed by atoms with Gasteiger partial charge in [-0.05, 0) is 55.5 Å². The second-order valence-corrected chi connectivity index (χ2v) is 5.89. The molecule has 0 amide bonds. The molecule has 0 radical (unpaired) electrons. The molecule has 1 nitrogen and oxygen atoms in total. The Morgan fingerprint density at radius 1 is 1.05 bits per heavy atom. The third-order valence-electron chi connectivity index (χ3n) is 3.68. The first-order chi connectivity index (χ1) is 8.90. The van der Waals surface area contributed by atoms with Crippen LogP contribution in [0, 0.1) is 13.8 Å². The minimum absolute atomic E-state index is 0.413. The first kappa shape index (κ1) is 14.1. The Morgan fingerprint density at radius 3 is 2.37 bits per heavy atom. The fraction of sp³-hybridized carbons (Fsp3) is 0.294. The molecular formula is C17H20ClN. The minimum Gasteiger partial charge on any atom is -0.321 e. The van der Waals surface area contributed by atoms with Gasteiger partial charge in [-0.25, -0.2) is 0 Å². The Labute approximate surface area is 120 Å². The van der Waals surface area contributed by atoms with Crippen molar-refractivity contribution in [2.24, 2.45) is 5.73 Å². The number of rotatable bonds is 3. The van der Waals surface area contributed by atoms with Gasteiger partial charge in [0.2, 0.25) is 0 Å². The van der Waals surface area contributed by atoms with Gasteiger partial charge in [-0.1, -0.05) is 48.0 Å². The van der Waals surface area contributed by atoms with Crippen molar-refractivity contribution in [3.8, 4) is 0 Å². The molecule has 100 valence electrons. The van der Waals surface area contributed by atoms with Crippen LogP contribution in [0.1, 0.15) is 29.2 Å². The highest BCUT2D eigenvalue weighted by atomic mass is 35.5. The van der Waals surface area contributed by atoms with Crippen LogP contribution in [0.4, 0.5) is 0 Å². The Morgan fingerprint density at radius 2 is 1.74 bits per heavy atom. The van der Waals surface area contributed by atoms with E-state index in [-0.39, 0.29) is 0 Å². The second-order valence-electron chi connectivity index (χ2n) is 5.48. The van der Waals surface area contributed by atoms with E-state index >= 15 is 0 Å². The zero-order valence-electron chi connectivity index (χ0n) is 11.7. The van der Waals surface area contributed by atoms with Crippen molar-refractivity contribution in [3.63, 3.8) is 0 Å². The molecule has 0 aliphatic carbocycles. The van der Waals surface area contributed by atoms with Gasteiger partial charge in [-0.15, -0.1) is 0 Å². The summed E-state index contributed by atoms with van der Waals surface area (Å²) < 4.78 is 0. The Bertz CT molecular complexity index is 588. The Balaban J connectivity index is 2.32. The number of hydrogen-bond donors (Lipinski definition) is 1. The monoisotopic (exact) mass is 273 g/mol. The minimum atomic E-state index is -0.413. The molecule has 0 saturated carbocycles. The van der Waals surface area contributed by atoms with Crippen LogP contribution >= 0.6 is 11.6 Å². The summed E-state index contributed by atoms with van der Waals surface area (Å²) in [6.07, 6.45) is 0.731. The largest absolute Gasteiger partial charge is 0.321 e. The summed E-state index contributed by atoms with van der Waals surface area (Å²) in [6.45, 7) is 6.28. The summed E-state index contributed by atoms with van der Waals surface area (Å²) in [5.74, 6) is 0. The summed E-state index contributed by atoms with van der Waals surface area (Å²) in [4.78, 5) is 0. The quantitative estimate of drug-likeness (QED) is 0.883. The standard InChI is InChI=1S/C17H20ClN/c1-12-8-9-15(10-13(12)2)17(3,19)11-14-6-4-5-7-16(14)18/h4-10H,11,19H2,1-3H3. The van der Waals surface area contributed by atoms with E-state index in [9.17, 15) is 0 Å². The molecule has 0 bridgehead atoms. The van der Waals surface area contributed by atoms with Crippen LogP contribution in [-0.2, 0) is 12.0 Å². The number of aryl methyl sites for hydroxylation is 2. The molecule has 0 heterocycles. The normalized spacial score (nSPS) is 14.2. The molecule has 0 spiro atoms. The fourth-order valence-electron chi connectivity index (χ4n) is 2.24. The van der Waals surface area contributed by atoms with Gasteiger partial charge in [0.05, 0.1) is 0 Å². The molecule has 0 aliphatic heterocycles. The fourth-order valence-corrected chi connectivity index (χ4v) is 2.44. The maximum atomic E-state index is 6.50. The van der Waals surface area contributed by atoms with Crippen LogP contribution in [-0.4, -0.2) is 0 Å². The number of benzene rings is 2. The highest BCUT2D eigenvalue weighted by Crippen LogP contribution is 2.27. The van der Waals surface area contributed by atoms with E-state index in [4.69, 9.17) is 17.3 Å². The van der Waals surface area contributed by atoms with Gasteiger partial charge in [0.1, 0.15) is 0 Å². The lowest BCUT2D eigenvalue weighted by Gasteiger charge is -2.26. The van der Waals surface area contributed by atoms with E-state index in [0.29, 0.717) is 0 Å². The van der Waals surface area contributed by atoms with Crippen LogP contribution in [0.2, 0.25) is 5.02 Å². The van der Waals surface area contributed by atoms with Crippen LogP contribution in [0.15, 0.2) is 42.5 Å². The molecule has 1 atom stereocenters.